The van der Waals surface area contributed by atoms with Gasteiger partial charge in [0.05, 0.1) is 6.61 Å². The number of carboxylic acid groups (broad SMARTS) is 1. The number of hydrogen-bond acceptors (Lipinski definition) is 6. The minimum Gasteiger partial charge on any atom is -0.480 e. The third kappa shape index (κ3) is 7.80. The molecule has 0 aliphatic rings. The Bertz CT molecular complexity index is 740. The van der Waals surface area contributed by atoms with Crippen LogP contribution >= 0.6 is 0 Å². The van der Waals surface area contributed by atoms with Crippen molar-refractivity contribution in [1.29, 1.82) is 0 Å². The highest BCUT2D eigenvalue weighted by atomic mass is 16.4. The van der Waals surface area contributed by atoms with E-state index in [1.807, 2.05) is 0 Å². The third-order valence-corrected chi connectivity index (χ3v) is 4.43. The first kappa shape index (κ1) is 25.1. The molecule has 0 bridgehead atoms. The Balaban J connectivity index is 2.94. The van der Waals surface area contributed by atoms with Crippen LogP contribution in [-0.2, 0) is 25.6 Å². The lowest BCUT2D eigenvalue weighted by molar-refractivity contribution is -0.143. The Labute approximate surface area is 175 Å². The van der Waals surface area contributed by atoms with E-state index in [1.54, 1.807) is 44.2 Å². The van der Waals surface area contributed by atoms with Crippen molar-refractivity contribution < 1.29 is 29.4 Å². The Kier molecular flexibility index (Phi) is 9.93. The fraction of sp³-hybridized carbons (Fsp3) is 0.500. The topological polar surface area (TPSA) is 171 Å². The average molecular weight is 422 g/mol. The molecule has 0 saturated carbocycles. The van der Waals surface area contributed by atoms with Gasteiger partial charge in [0, 0.05) is 6.42 Å². The number of aliphatic hydroxyl groups is 1. The Morgan fingerprint density at radius 2 is 1.53 bits per heavy atom. The second-order valence-corrected chi connectivity index (χ2v) is 7.34. The van der Waals surface area contributed by atoms with Crippen molar-refractivity contribution in [2.24, 2.45) is 11.7 Å². The molecular formula is C20H30N4O6. The van der Waals surface area contributed by atoms with Crippen LogP contribution < -0.4 is 21.7 Å². The lowest BCUT2D eigenvalue weighted by Gasteiger charge is -2.25. The molecular weight excluding hydrogens is 392 g/mol. The average Bonchev–Trinajstić information content (AvgIpc) is 2.70. The normalized spacial score (nSPS) is 14.9. The Morgan fingerprint density at radius 3 is 2.03 bits per heavy atom. The highest BCUT2D eigenvalue weighted by Gasteiger charge is 2.30. The van der Waals surface area contributed by atoms with Crippen molar-refractivity contribution in [2.75, 3.05) is 6.61 Å². The smallest absolute Gasteiger partial charge is 0.326 e. The van der Waals surface area contributed by atoms with Gasteiger partial charge < -0.3 is 31.9 Å². The van der Waals surface area contributed by atoms with E-state index in [-0.39, 0.29) is 12.3 Å². The molecule has 0 spiro atoms. The summed E-state index contributed by atoms with van der Waals surface area (Å²) < 4.78 is 0. The van der Waals surface area contributed by atoms with Gasteiger partial charge in [-0.3, -0.25) is 14.4 Å². The van der Waals surface area contributed by atoms with E-state index >= 15 is 0 Å². The summed E-state index contributed by atoms with van der Waals surface area (Å²) >= 11 is 0. The zero-order valence-corrected chi connectivity index (χ0v) is 17.3. The molecule has 10 heteroatoms. The number of carbonyl (C=O) groups excluding carboxylic acids is 3. The molecule has 30 heavy (non-hydrogen) atoms. The fourth-order valence-corrected chi connectivity index (χ4v) is 2.59. The van der Waals surface area contributed by atoms with Gasteiger partial charge >= 0.3 is 5.97 Å². The first-order chi connectivity index (χ1) is 14.1. The molecule has 7 N–H and O–H groups in total. The summed E-state index contributed by atoms with van der Waals surface area (Å²) in [4.78, 5) is 48.5. The summed E-state index contributed by atoms with van der Waals surface area (Å²) in [5.41, 5.74) is 6.17. The van der Waals surface area contributed by atoms with E-state index in [0.717, 1.165) is 5.56 Å². The molecule has 0 heterocycles. The molecule has 0 aliphatic heterocycles. The van der Waals surface area contributed by atoms with Crippen LogP contribution in [0.15, 0.2) is 30.3 Å². The number of hydrogen-bond donors (Lipinski definition) is 6. The molecule has 0 aliphatic carbocycles. The molecule has 1 aromatic rings. The van der Waals surface area contributed by atoms with Gasteiger partial charge in [-0.25, -0.2) is 4.79 Å². The van der Waals surface area contributed by atoms with Crippen LogP contribution in [0, 0.1) is 5.92 Å². The molecule has 0 aromatic heterocycles. The number of benzene rings is 1. The Morgan fingerprint density at radius 1 is 0.933 bits per heavy atom. The van der Waals surface area contributed by atoms with Crippen LogP contribution in [0.25, 0.3) is 0 Å². The maximum Gasteiger partial charge on any atom is 0.326 e. The van der Waals surface area contributed by atoms with Crippen LogP contribution in [0.2, 0.25) is 0 Å². The minimum atomic E-state index is -1.18. The highest BCUT2D eigenvalue weighted by molar-refractivity contribution is 5.94. The van der Waals surface area contributed by atoms with Crippen molar-refractivity contribution in [3.05, 3.63) is 35.9 Å². The third-order valence-electron chi connectivity index (χ3n) is 4.43. The van der Waals surface area contributed by atoms with Gasteiger partial charge in [0.2, 0.25) is 17.7 Å². The minimum absolute atomic E-state index is 0.125. The zero-order valence-electron chi connectivity index (χ0n) is 17.3. The van der Waals surface area contributed by atoms with Gasteiger partial charge in [-0.15, -0.1) is 0 Å². The number of rotatable bonds is 11. The predicted molar refractivity (Wildman–Crippen MR) is 109 cm³/mol. The lowest BCUT2D eigenvalue weighted by atomic mass is 10.0. The van der Waals surface area contributed by atoms with Crippen LogP contribution in [-0.4, -0.2) is 64.7 Å². The molecule has 3 amide bonds. The van der Waals surface area contributed by atoms with Crippen molar-refractivity contribution >= 4 is 23.7 Å². The highest BCUT2D eigenvalue weighted by Crippen LogP contribution is 2.07. The number of nitrogens with one attached hydrogen (secondary N) is 3. The molecule has 1 rings (SSSR count). The lowest BCUT2D eigenvalue weighted by Crippen LogP contribution is -2.57. The monoisotopic (exact) mass is 422 g/mol. The van der Waals surface area contributed by atoms with E-state index in [0.29, 0.717) is 0 Å². The van der Waals surface area contributed by atoms with E-state index in [2.05, 4.69) is 16.0 Å². The van der Waals surface area contributed by atoms with Crippen molar-refractivity contribution in [3.8, 4) is 0 Å². The molecule has 4 atom stereocenters. The van der Waals surface area contributed by atoms with Gasteiger partial charge in [-0.2, -0.15) is 0 Å². The van der Waals surface area contributed by atoms with E-state index < -0.39 is 54.5 Å². The standard InChI is InChI=1S/C20H30N4O6/c1-11(2)16(20(29)30)24-19(28)15(9-13-7-5-4-6-8-13)23-17(26)12(3)22-18(27)14(21)10-25/h4-8,11-12,14-16,25H,9-10,21H2,1-3H3,(H,22,27)(H,23,26)(H,24,28)(H,29,30). The first-order valence-electron chi connectivity index (χ1n) is 9.61. The molecule has 0 fully saturated rings. The quantitative estimate of drug-likeness (QED) is 0.259. The number of amides is 3. The Hall–Kier alpha value is -2.98. The van der Waals surface area contributed by atoms with Gasteiger partial charge in [0.1, 0.15) is 24.2 Å². The summed E-state index contributed by atoms with van der Waals surface area (Å²) in [7, 11) is 0. The number of carbonyl (C=O) groups is 4. The zero-order chi connectivity index (χ0) is 22.8. The maximum atomic E-state index is 12.8. The van der Waals surface area contributed by atoms with E-state index in [1.165, 1.54) is 6.92 Å². The number of carboxylic acids is 1. The molecule has 166 valence electrons. The SMILES string of the molecule is CC(NC(=O)C(N)CO)C(=O)NC(Cc1ccccc1)C(=O)NC(C(=O)O)C(C)C. The summed E-state index contributed by atoms with van der Waals surface area (Å²) in [5, 5.41) is 25.6. The van der Waals surface area contributed by atoms with Crippen molar-refractivity contribution in [2.45, 2.75) is 51.4 Å². The van der Waals surface area contributed by atoms with Crippen LogP contribution in [0.5, 0.6) is 0 Å². The predicted octanol–water partition coefficient (Wildman–Crippen LogP) is -1.24. The van der Waals surface area contributed by atoms with E-state index in [4.69, 9.17) is 10.8 Å². The van der Waals surface area contributed by atoms with Gasteiger partial charge in [0.15, 0.2) is 0 Å². The van der Waals surface area contributed by atoms with Crippen LogP contribution in [0.3, 0.4) is 0 Å². The van der Waals surface area contributed by atoms with Gasteiger partial charge in [-0.05, 0) is 18.4 Å². The summed E-state index contributed by atoms with van der Waals surface area (Å²) in [5.74, 6) is -3.56. The van der Waals surface area contributed by atoms with Crippen molar-refractivity contribution in [3.63, 3.8) is 0 Å². The maximum absolute atomic E-state index is 12.8. The summed E-state index contributed by atoms with van der Waals surface area (Å²) in [6.07, 6.45) is 0.125. The van der Waals surface area contributed by atoms with E-state index in [9.17, 15) is 24.3 Å². The summed E-state index contributed by atoms with van der Waals surface area (Å²) in [6, 6.07) is 4.52. The molecule has 0 radical (unpaired) electrons. The molecule has 10 nitrogen and oxygen atoms in total. The molecule has 4 unspecified atom stereocenters. The summed E-state index contributed by atoms with van der Waals surface area (Å²) in [6.45, 7) is 4.14. The second kappa shape index (κ2) is 11.9. The second-order valence-electron chi connectivity index (χ2n) is 7.34. The molecule has 0 saturated heterocycles. The van der Waals surface area contributed by atoms with Crippen LogP contribution in [0.1, 0.15) is 26.3 Å². The number of aliphatic carboxylic acids is 1. The number of aliphatic hydroxyl groups excluding tert-OH is 1. The van der Waals surface area contributed by atoms with Crippen LogP contribution in [0.4, 0.5) is 0 Å². The van der Waals surface area contributed by atoms with Gasteiger partial charge in [-0.1, -0.05) is 44.2 Å². The molecule has 1 aromatic carbocycles. The van der Waals surface area contributed by atoms with Crippen molar-refractivity contribution in [1.82, 2.24) is 16.0 Å². The van der Waals surface area contributed by atoms with Gasteiger partial charge in [0.25, 0.3) is 0 Å². The first-order valence-corrected chi connectivity index (χ1v) is 9.61. The number of nitrogens with two attached hydrogens (primary N) is 1. The largest absolute Gasteiger partial charge is 0.480 e. The fourth-order valence-electron chi connectivity index (χ4n) is 2.59.